The van der Waals surface area contributed by atoms with E-state index in [1.807, 2.05) is 13.8 Å². The number of nitrogens with zero attached hydrogens (tertiary/aromatic N) is 1. The van der Waals surface area contributed by atoms with Gasteiger partial charge < -0.3 is 14.3 Å². The molecular formula is C17H21Cl2F2NO3. The summed E-state index contributed by atoms with van der Waals surface area (Å²) in [6.07, 6.45) is 3.42. The molecule has 0 saturated heterocycles. The zero-order valence-electron chi connectivity index (χ0n) is 14.2. The van der Waals surface area contributed by atoms with Gasteiger partial charge in [0.25, 0.3) is 0 Å². The number of halogens is 4. The lowest BCUT2D eigenvalue weighted by molar-refractivity contribution is 0.138. The monoisotopic (exact) mass is 395 g/mol. The second kappa shape index (κ2) is 11.9. The molecule has 0 aliphatic heterocycles. The van der Waals surface area contributed by atoms with Gasteiger partial charge in [0.05, 0.1) is 17.3 Å². The first-order valence-electron chi connectivity index (χ1n) is 7.79. The molecule has 0 spiro atoms. The van der Waals surface area contributed by atoms with E-state index in [1.165, 1.54) is 6.07 Å². The number of oxime groups is 1. The molecule has 1 aromatic rings. The smallest absolute Gasteiger partial charge is 0.188 e. The van der Waals surface area contributed by atoms with Crippen LogP contribution in [0.4, 0.5) is 8.78 Å². The van der Waals surface area contributed by atoms with Gasteiger partial charge in [0, 0.05) is 18.2 Å². The quantitative estimate of drug-likeness (QED) is 0.267. The minimum atomic E-state index is -0.895. The van der Waals surface area contributed by atoms with Crippen LogP contribution in [0.25, 0.3) is 0 Å². The van der Waals surface area contributed by atoms with Gasteiger partial charge in [-0.3, -0.25) is 0 Å². The third-order valence-electron chi connectivity index (χ3n) is 2.83. The molecule has 0 aliphatic rings. The van der Waals surface area contributed by atoms with Crippen molar-refractivity contribution in [3.8, 4) is 11.5 Å². The first-order chi connectivity index (χ1) is 11.9. The van der Waals surface area contributed by atoms with Crippen LogP contribution in [0, 0.1) is 5.82 Å². The highest BCUT2D eigenvalue weighted by Gasteiger charge is 2.12. The van der Waals surface area contributed by atoms with Crippen LogP contribution in [0.15, 0.2) is 28.7 Å². The lowest BCUT2D eigenvalue weighted by atomic mass is 10.2. The van der Waals surface area contributed by atoms with E-state index < -0.39 is 11.1 Å². The molecule has 1 aromatic carbocycles. The van der Waals surface area contributed by atoms with Crippen molar-refractivity contribution >= 4 is 28.9 Å². The fraction of sp³-hybridized carbons (Fsp3) is 0.471. The second-order valence-electron chi connectivity index (χ2n) is 5.30. The van der Waals surface area contributed by atoms with E-state index in [4.69, 9.17) is 37.5 Å². The summed E-state index contributed by atoms with van der Waals surface area (Å²) in [5, 5.41) is 3.02. The fourth-order valence-corrected chi connectivity index (χ4v) is 2.07. The van der Waals surface area contributed by atoms with Crippen molar-refractivity contribution in [1.29, 1.82) is 0 Å². The highest BCUT2D eigenvalue weighted by Crippen LogP contribution is 2.32. The van der Waals surface area contributed by atoms with Crippen LogP contribution in [-0.4, -0.2) is 25.5 Å². The maximum Gasteiger partial charge on any atom is 0.188 e. The van der Waals surface area contributed by atoms with Gasteiger partial charge in [0.2, 0.25) is 0 Å². The van der Waals surface area contributed by atoms with Crippen molar-refractivity contribution in [3.05, 3.63) is 34.3 Å². The Balaban J connectivity index is 2.36. The molecule has 4 nitrogen and oxygen atoms in total. The molecule has 0 bridgehead atoms. The summed E-state index contributed by atoms with van der Waals surface area (Å²) < 4.78 is 36.9. The predicted molar refractivity (Wildman–Crippen MR) is 96.0 cm³/mol. The Bertz CT molecular complexity index is 579. The van der Waals surface area contributed by atoms with E-state index >= 15 is 0 Å². The van der Waals surface area contributed by atoms with E-state index in [0.717, 1.165) is 37.1 Å². The molecule has 0 aliphatic carbocycles. The summed E-state index contributed by atoms with van der Waals surface area (Å²) in [7, 11) is 0. The average molecular weight is 396 g/mol. The molecule has 0 atom stereocenters. The number of rotatable bonds is 11. The summed E-state index contributed by atoms with van der Waals surface area (Å²) in [6, 6.07) is 2.53. The van der Waals surface area contributed by atoms with Gasteiger partial charge in [0.1, 0.15) is 19.0 Å². The standard InChI is InChI=1S/C17H21Cl2F2NO3/c1-12(2)22-25-8-5-3-4-7-24-17-14(18)10-13(11-15(17)20)23-9-6-16(19)21/h6,10-11H,3-5,7-9H2,1-2H3/b16-6-. The molecule has 0 fully saturated rings. The number of benzene rings is 1. The topological polar surface area (TPSA) is 40.0 Å². The maximum atomic E-state index is 14.0. The molecule has 0 heterocycles. The molecule has 0 N–H and O–H groups in total. The van der Waals surface area contributed by atoms with Crippen molar-refractivity contribution < 1.29 is 23.1 Å². The SMILES string of the molecule is CC(C)=NOCCCCCOc1c(F)cc(OC/C=C(\F)Cl)cc1Cl. The molecule has 0 amide bonds. The minimum Gasteiger partial charge on any atom is -0.489 e. The van der Waals surface area contributed by atoms with E-state index in [0.29, 0.717) is 13.2 Å². The van der Waals surface area contributed by atoms with Crippen LogP contribution in [0.5, 0.6) is 11.5 Å². The van der Waals surface area contributed by atoms with Crippen molar-refractivity contribution in [2.75, 3.05) is 19.8 Å². The van der Waals surface area contributed by atoms with E-state index in [9.17, 15) is 8.78 Å². The molecule has 1 rings (SSSR count). The van der Waals surface area contributed by atoms with Gasteiger partial charge in [-0.25, -0.2) is 4.39 Å². The number of hydrogen-bond acceptors (Lipinski definition) is 4. The first-order valence-corrected chi connectivity index (χ1v) is 8.54. The first kappa shape index (κ1) is 21.5. The van der Waals surface area contributed by atoms with Gasteiger partial charge in [-0.05, 0) is 33.1 Å². The summed E-state index contributed by atoms with van der Waals surface area (Å²) in [5.41, 5.74) is 0.865. The van der Waals surface area contributed by atoms with Gasteiger partial charge in [0.15, 0.2) is 16.9 Å². The minimum absolute atomic E-state index is 0.0319. The molecule has 25 heavy (non-hydrogen) atoms. The molecule has 140 valence electrons. The summed E-state index contributed by atoms with van der Waals surface area (Å²) >= 11 is 11.0. The Hall–Kier alpha value is -1.53. The summed E-state index contributed by atoms with van der Waals surface area (Å²) in [6.45, 7) is 4.44. The van der Waals surface area contributed by atoms with Gasteiger partial charge in [-0.1, -0.05) is 28.4 Å². The van der Waals surface area contributed by atoms with Crippen LogP contribution in [0.1, 0.15) is 33.1 Å². The maximum absolute atomic E-state index is 14.0. The third-order valence-corrected chi connectivity index (χ3v) is 3.27. The van der Waals surface area contributed by atoms with Gasteiger partial charge in [-0.2, -0.15) is 4.39 Å². The van der Waals surface area contributed by atoms with Crippen molar-refractivity contribution in [2.24, 2.45) is 5.16 Å². The number of unbranched alkanes of at least 4 members (excludes halogenated alkanes) is 2. The van der Waals surface area contributed by atoms with Gasteiger partial charge >= 0.3 is 0 Å². The lowest BCUT2D eigenvalue weighted by Gasteiger charge is -2.11. The number of hydrogen-bond donors (Lipinski definition) is 0. The van der Waals surface area contributed by atoms with E-state index in [2.05, 4.69) is 5.16 Å². The molecule has 0 aromatic heterocycles. The molecular weight excluding hydrogens is 375 g/mol. The Labute approximate surface area is 156 Å². The van der Waals surface area contributed by atoms with Crippen LogP contribution in [0.3, 0.4) is 0 Å². The summed E-state index contributed by atoms with van der Waals surface area (Å²) in [5.74, 6) is -0.516. The highest BCUT2D eigenvalue weighted by molar-refractivity contribution is 6.32. The highest BCUT2D eigenvalue weighted by atomic mass is 35.5. The van der Waals surface area contributed by atoms with Crippen molar-refractivity contribution in [3.63, 3.8) is 0 Å². The predicted octanol–water partition coefficient (Wildman–Crippen LogP) is 5.87. The Morgan fingerprint density at radius 3 is 2.52 bits per heavy atom. The molecule has 0 saturated carbocycles. The third kappa shape index (κ3) is 9.51. The second-order valence-corrected chi connectivity index (χ2v) is 6.07. The van der Waals surface area contributed by atoms with E-state index in [1.54, 1.807) is 0 Å². The normalized spacial score (nSPS) is 11.2. The lowest BCUT2D eigenvalue weighted by Crippen LogP contribution is -2.02. The van der Waals surface area contributed by atoms with Crippen LogP contribution in [-0.2, 0) is 4.84 Å². The molecule has 0 radical (unpaired) electrons. The largest absolute Gasteiger partial charge is 0.489 e. The van der Waals surface area contributed by atoms with Crippen LogP contribution >= 0.6 is 23.2 Å². The Kier molecular flexibility index (Phi) is 10.3. The van der Waals surface area contributed by atoms with Crippen molar-refractivity contribution in [2.45, 2.75) is 33.1 Å². The summed E-state index contributed by atoms with van der Waals surface area (Å²) in [4.78, 5) is 5.07. The van der Waals surface area contributed by atoms with E-state index in [-0.39, 0.29) is 23.1 Å². The fourth-order valence-electron chi connectivity index (χ4n) is 1.75. The van der Waals surface area contributed by atoms with Crippen LogP contribution in [0.2, 0.25) is 5.02 Å². The molecule has 0 unspecified atom stereocenters. The zero-order valence-corrected chi connectivity index (χ0v) is 15.7. The van der Waals surface area contributed by atoms with Gasteiger partial charge in [-0.15, -0.1) is 0 Å². The Morgan fingerprint density at radius 2 is 1.88 bits per heavy atom. The number of ether oxygens (including phenoxy) is 2. The Morgan fingerprint density at radius 1 is 1.16 bits per heavy atom. The average Bonchev–Trinajstić information content (AvgIpc) is 2.51. The zero-order chi connectivity index (χ0) is 18.7. The van der Waals surface area contributed by atoms with Crippen LogP contribution < -0.4 is 9.47 Å². The van der Waals surface area contributed by atoms with Crippen molar-refractivity contribution in [1.82, 2.24) is 0 Å². The molecule has 8 heteroatoms.